The fraction of sp³-hybridized carbons (Fsp3) is 0. The van der Waals surface area contributed by atoms with Crippen molar-refractivity contribution >= 4 is 16.8 Å². The number of rotatable bonds is 2. The van der Waals surface area contributed by atoms with Crippen LogP contribution in [0.3, 0.4) is 0 Å². The fourth-order valence-electron chi connectivity index (χ4n) is 1.02. The Labute approximate surface area is 88.7 Å². The maximum atomic E-state index is 12.6. The van der Waals surface area contributed by atoms with Crippen LogP contribution in [-0.2, 0) is 0 Å². The van der Waals surface area contributed by atoms with Gasteiger partial charge in [0, 0.05) is 5.56 Å². The van der Waals surface area contributed by atoms with Gasteiger partial charge in [-0.3, -0.25) is 4.79 Å². The van der Waals surface area contributed by atoms with Gasteiger partial charge in [-0.1, -0.05) is 5.16 Å². The molecule has 0 unspecified atom stereocenters. The summed E-state index contributed by atoms with van der Waals surface area (Å²) in [5.74, 6) is -0.453. The van der Waals surface area contributed by atoms with Gasteiger partial charge in [-0.2, -0.15) is 4.98 Å². The molecule has 0 aliphatic carbocycles. The van der Waals surface area contributed by atoms with Crippen molar-refractivity contribution in [3.05, 3.63) is 36.0 Å². The normalized spacial score (nSPS) is 10.3. The molecule has 0 saturated heterocycles. The van der Waals surface area contributed by atoms with Crippen molar-refractivity contribution in [1.82, 2.24) is 10.1 Å². The van der Waals surface area contributed by atoms with Gasteiger partial charge in [-0.05, 0) is 35.9 Å². The number of halogens is 2. The van der Waals surface area contributed by atoms with Crippen molar-refractivity contribution in [1.29, 1.82) is 0 Å². The predicted molar refractivity (Wildman–Crippen MR) is 49.9 cm³/mol. The van der Waals surface area contributed by atoms with Crippen LogP contribution in [0.15, 0.2) is 28.8 Å². The van der Waals surface area contributed by atoms with Gasteiger partial charge in [-0.25, -0.2) is 4.39 Å². The Morgan fingerprint density at radius 2 is 2.00 bits per heavy atom. The summed E-state index contributed by atoms with van der Waals surface area (Å²) in [6.45, 7) is 0. The fourth-order valence-corrected chi connectivity index (χ4v) is 1.10. The predicted octanol–water partition coefficient (Wildman–Crippen LogP) is 2.25. The van der Waals surface area contributed by atoms with E-state index in [9.17, 15) is 9.18 Å². The van der Waals surface area contributed by atoms with E-state index in [-0.39, 0.29) is 17.5 Å². The molecule has 76 valence electrons. The van der Waals surface area contributed by atoms with Crippen LogP contribution < -0.4 is 0 Å². The van der Waals surface area contributed by atoms with Crippen LogP contribution in [0.25, 0.3) is 11.4 Å². The molecule has 1 heterocycles. The SMILES string of the molecule is O=C(Cl)c1nc(-c2ccc(F)cc2)no1. The van der Waals surface area contributed by atoms with Crippen molar-refractivity contribution in [2.45, 2.75) is 0 Å². The molecule has 6 heteroatoms. The summed E-state index contributed by atoms with van der Waals surface area (Å²) in [5, 5.41) is 2.70. The monoisotopic (exact) mass is 226 g/mol. The van der Waals surface area contributed by atoms with E-state index >= 15 is 0 Å². The van der Waals surface area contributed by atoms with Crippen molar-refractivity contribution in [3.63, 3.8) is 0 Å². The number of carbonyl (C=O) groups is 1. The van der Waals surface area contributed by atoms with E-state index in [0.717, 1.165) is 0 Å². The highest BCUT2D eigenvalue weighted by Crippen LogP contribution is 2.16. The van der Waals surface area contributed by atoms with Crippen molar-refractivity contribution in [2.24, 2.45) is 0 Å². The average molecular weight is 227 g/mol. The zero-order valence-electron chi connectivity index (χ0n) is 7.28. The molecule has 0 fully saturated rings. The number of nitrogens with zero attached hydrogens (tertiary/aromatic N) is 2. The summed E-state index contributed by atoms with van der Waals surface area (Å²) in [5.41, 5.74) is 0.546. The third kappa shape index (κ3) is 2.02. The lowest BCUT2D eigenvalue weighted by molar-refractivity contribution is 0.104. The Morgan fingerprint density at radius 1 is 1.33 bits per heavy atom. The molecule has 0 amide bonds. The van der Waals surface area contributed by atoms with E-state index in [1.807, 2.05) is 0 Å². The van der Waals surface area contributed by atoms with E-state index in [1.54, 1.807) is 0 Å². The molecule has 0 bridgehead atoms. The Morgan fingerprint density at radius 3 is 2.53 bits per heavy atom. The summed E-state index contributed by atoms with van der Waals surface area (Å²) < 4.78 is 17.2. The highest BCUT2D eigenvalue weighted by molar-refractivity contribution is 6.67. The van der Waals surface area contributed by atoms with Crippen molar-refractivity contribution in [3.8, 4) is 11.4 Å². The average Bonchev–Trinajstić information content (AvgIpc) is 2.68. The summed E-state index contributed by atoms with van der Waals surface area (Å²) in [7, 11) is 0. The molecule has 15 heavy (non-hydrogen) atoms. The third-order valence-electron chi connectivity index (χ3n) is 1.70. The molecular weight excluding hydrogens is 223 g/mol. The number of hydrogen-bond acceptors (Lipinski definition) is 4. The Hall–Kier alpha value is -1.75. The summed E-state index contributed by atoms with van der Waals surface area (Å²) in [4.78, 5) is 14.4. The topological polar surface area (TPSA) is 56.0 Å². The van der Waals surface area contributed by atoms with Crippen LogP contribution in [-0.4, -0.2) is 15.4 Å². The van der Waals surface area contributed by atoms with Gasteiger partial charge >= 0.3 is 11.1 Å². The number of benzene rings is 1. The van der Waals surface area contributed by atoms with E-state index in [0.29, 0.717) is 5.56 Å². The Balaban J connectivity index is 2.37. The molecule has 1 aromatic carbocycles. The minimum Gasteiger partial charge on any atom is -0.329 e. The van der Waals surface area contributed by atoms with Crippen LogP contribution in [0.2, 0.25) is 0 Å². The quantitative estimate of drug-likeness (QED) is 0.737. The van der Waals surface area contributed by atoms with Gasteiger partial charge in [0.25, 0.3) is 0 Å². The van der Waals surface area contributed by atoms with Gasteiger partial charge in [0.1, 0.15) is 5.82 Å². The van der Waals surface area contributed by atoms with E-state index in [4.69, 9.17) is 11.6 Å². The lowest BCUT2D eigenvalue weighted by Crippen LogP contribution is -1.88. The second-order valence-electron chi connectivity index (χ2n) is 2.70. The van der Waals surface area contributed by atoms with E-state index in [2.05, 4.69) is 14.7 Å². The molecule has 0 atom stereocenters. The molecule has 4 nitrogen and oxygen atoms in total. The smallest absolute Gasteiger partial charge is 0.310 e. The largest absolute Gasteiger partial charge is 0.329 e. The number of carbonyl (C=O) groups excluding carboxylic acids is 1. The molecule has 0 radical (unpaired) electrons. The minimum atomic E-state index is -0.823. The lowest BCUT2D eigenvalue weighted by Gasteiger charge is -1.91. The minimum absolute atomic E-state index is 0.194. The van der Waals surface area contributed by atoms with Crippen LogP contribution in [0.5, 0.6) is 0 Å². The zero-order valence-corrected chi connectivity index (χ0v) is 8.03. The van der Waals surface area contributed by atoms with Crippen LogP contribution in [0.1, 0.15) is 10.7 Å². The first-order chi connectivity index (χ1) is 7.16. The first-order valence-electron chi connectivity index (χ1n) is 3.96. The Bertz CT molecular complexity index is 495. The highest BCUT2D eigenvalue weighted by atomic mass is 35.5. The molecule has 1 aromatic heterocycles. The molecule has 2 rings (SSSR count). The summed E-state index contributed by atoms with van der Waals surface area (Å²) in [6, 6.07) is 5.47. The van der Waals surface area contributed by atoms with Gasteiger partial charge in [0.2, 0.25) is 5.82 Å². The molecule has 0 saturated carbocycles. The summed E-state index contributed by atoms with van der Waals surface area (Å²) in [6.07, 6.45) is 0. The maximum absolute atomic E-state index is 12.6. The van der Waals surface area contributed by atoms with Crippen LogP contribution >= 0.6 is 11.6 Å². The van der Waals surface area contributed by atoms with E-state index < -0.39 is 5.24 Å². The van der Waals surface area contributed by atoms with Crippen molar-refractivity contribution in [2.75, 3.05) is 0 Å². The van der Waals surface area contributed by atoms with Gasteiger partial charge in [-0.15, -0.1) is 0 Å². The second-order valence-corrected chi connectivity index (χ2v) is 3.05. The highest BCUT2D eigenvalue weighted by Gasteiger charge is 2.13. The molecular formula is C9H4ClFN2O2. The number of hydrogen-bond donors (Lipinski definition) is 0. The zero-order chi connectivity index (χ0) is 10.8. The second kappa shape index (κ2) is 3.78. The van der Waals surface area contributed by atoms with Crippen LogP contribution in [0.4, 0.5) is 4.39 Å². The molecule has 2 aromatic rings. The molecule has 0 aliphatic heterocycles. The van der Waals surface area contributed by atoms with Gasteiger partial charge in [0.05, 0.1) is 0 Å². The Kier molecular flexibility index (Phi) is 2.47. The maximum Gasteiger partial charge on any atom is 0.310 e. The lowest BCUT2D eigenvalue weighted by atomic mass is 10.2. The first-order valence-corrected chi connectivity index (χ1v) is 4.34. The third-order valence-corrected chi connectivity index (χ3v) is 1.86. The molecule has 0 N–H and O–H groups in total. The van der Waals surface area contributed by atoms with Gasteiger partial charge in [0.15, 0.2) is 0 Å². The standard InChI is InChI=1S/C9H4ClFN2O2/c10-7(14)9-12-8(13-15-9)5-1-3-6(11)4-2-5/h1-4H. The summed E-state index contributed by atoms with van der Waals surface area (Å²) >= 11 is 5.13. The van der Waals surface area contributed by atoms with Crippen molar-refractivity contribution < 1.29 is 13.7 Å². The van der Waals surface area contributed by atoms with Gasteiger partial charge < -0.3 is 4.52 Å². The molecule has 0 aliphatic rings. The van der Waals surface area contributed by atoms with Crippen LogP contribution in [0, 0.1) is 5.82 Å². The number of aromatic nitrogens is 2. The molecule has 0 spiro atoms. The van der Waals surface area contributed by atoms with E-state index in [1.165, 1.54) is 24.3 Å². The first kappa shape index (κ1) is 9.79.